The van der Waals surface area contributed by atoms with Crippen molar-refractivity contribution in [3.63, 3.8) is 0 Å². The van der Waals surface area contributed by atoms with Crippen LogP contribution >= 0.6 is 0 Å². The molecule has 0 saturated carbocycles. The van der Waals surface area contributed by atoms with Crippen molar-refractivity contribution in [2.45, 2.75) is 52.0 Å². The summed E-state index contributed by atoms with van der Waals surface area (Å²) in [4.78, 5) is 29.6. The highest BCUT2D eigenvalue weighted by Crippen LogP contribution is 2.22. The summed E-state index contributed by atoms with van der Waals surface area (Å²) in [6.45, 7) is 2.25. The summed E-state index contributed by atoms with van der Waals surface area (Å²) >= 11 is 0. The number of aromatic nitrogens is 2. The maximum atomic E-state index is 12.5. The van der Waals surface area contributed by atoms with Gasteiger partial charge in [-0.25, -0.2) is 4.98 Å². The molecule has 0 radical (unpaired) electrons. The van der Waals surface area contributed by atoms with Crippen molar-refractivity contribution in [2.75, 3.05) is 0 Å². The molecule has 0 spiro atoms. The molecule has 6 nitrogen and oxygen atoms in total. The van der Waals surface area contributed by atoms with E-state index in [4.69, 9.17) is 0 Å². The van der Waals surface area contributed by atoms with Crippen LogP contribution in [0.3, 0.4) is 0 Å². The molecule has 0 saturated heterocycles. The molecule has 0 unspecified atom stereocenters. The van der Waals surface area contributed by atoms with Crippen LogP contribution in [0.15, 0.2) is 42.5 Å². The standard InChI is InChI=1S/C23H26N4O2/c1-2-3-11-21-24-19-9-4-5-10-20(19)27(21)15-22(28)25-26-23(29)18-13-12-16-7-6-8-17(16)14-18/h4-5,9-10,12-14H,2-3,6-8,11,15H2,1H3,(H,25,28)(H,26,29). The van der Waals surface area contributed by atoms with Crippen LogP contribution in [0.1, 0.15) is 53.5 Å². The van der Waals surface area contributed by atoms with Gasteiger partial charge in [-0.3, -0.25) is 20.4 Å². The van der Waals surface area contributed by atoms with E-state index in [9.17, 15) is 9.59 Å². The smallest absolute Gasteiger partial charge is 0.269 e. The summed E-state index contributed by atoms with van der Waals surface area (Å²) in [7, 11) is 0. The number of amides is 2. The molecule has 0 fully saturated rings. The quantitative estimate of drug-likeness (QED) is 0.634. The predicted molar refractivity (Wildman–Crippen MR) is 112 cm³/mol. The lowest BCUT2D eigenvalue weighted by molar-refractivity contribution is -0.122. The monoisotopic (exact) mass is 390 g/mol. The number of para-hydroxylation sites is 2. The van der Waals surface area contributed by atoms with Crippen LogP contribution in [0.4, 0.5) is 0 Å². The Bertz CT molecular complexity index is 1050. The number of hydrogen-bond acceptors (Lipinski definition) is 3. The summed E-state index contributed by atoms with van der Waals surface area (Å²) in [5.74, 6) is 0.323. The van der Waals surface area contributed by atoms with Crippen LogP contribution in [0.5, 0.6) is 0 Å². The number of carbonyl (C=O) groups excluding carboxylic acids is 2. The second-order valence-electron chi connectivity index (χ2n) is 7.55. The second kappa shape index (κ2) is 8.47. The number of carbonyl (C=O) groups is 2. The van der Waals surface area contributed by atoms with Gasteiger partial charge in [0.25, 0.3) is 11.8 Å². The Morgan fingerprint density at radius 1 is 1.07 bits per heavy atom. The Kier molecular flexibility index (Phi) is 5.60. The third-order valence-electron chi connectivity index (χ3n) is 5.47. The van der Waals surface area contributed by atoms with Crippen molar-refractivity contribution in [1.29, 1.82) is 0 Å². The molecule has 0 aliphatic heterocycles. The molecule has 150 valence electrons. The van der Waals surface area contributed by atoms with Crippen LogP contribution < -0.4 is 10.9 Å². The van der Waals surface area contributed by atoms with E-state index in [-0.39, 0.29) is 18.4 Å². The van der Waals surface area contributed by atoms with E-state index in [1.165, 1.54) is 11.1 Å². The number of hydrogen-bond donors (Lipinski definition) is 2. The van der Waals surface area contributed by atoms with Crippen molar-refractivity contribution < 1.29 is 9.59 Å². The van der Waals surface area contributed by atoms with Gasteiger partial charge in [-0.15, -0.1) is 0 Å². The number of nitrogens with zero attached hydrogens (tertiary/aromatic N) is 2. The van der Waals surface area contributed by atoms with Crippen molar-refractivity contribution in [1.82, 2.24) is 20.4 Å². The summed E-state index contributed by atoms with van der Waals surface area (Å²) in [6, 6.07) is 13.6. The van der Waals surface area contributed by atoms with Gasteiger partial charge in [-0.2, -0.15) is 0 Å². The second-order valence-corrected chi connectivity index (χ2v) is 7.55. The fourth-order valence-electron chi connectivity index (χ4n) is 3.92. The van der Waals surface area contributed by atoms with Gasteiger partial charge in [-0.05, 0) is 61.1 Å². The van der Waals surface area contributed by atoms with Gasteiger partial charge in [0, 0.05) is 12.0 Å². The lowest BCUT2D eigenvalue weighted by Gasteiger charge is -2.11. The molecule has 1 aliphatic carbocycles. The van der Waals surface area contributed by atoms with Crippen LogP contribution in [-0.4, -0.2) is 21.4 Å². The first kappa shape index (κ1) is 19.2. The molecule has 0 atom stereocenters. The van der Waals surface area contributed by atoms with Crippen LogP contribution in [0, 0.1) is 0 Å². The van der Waals surface area contributed by atoms with Gasteiger partial charge in [0.1, 0.15) is 12.4 Å². The van der Waals surface area contributed by atoms with Gasteiger partial charge in [0.2, 0.25) is 0 Å². The molecule has 1 aromatic heterocycles. The van der Waals surface area contributed by atoms with E-state index in [2.05, 4.69) is 22.8 Å². The zero-order valence-corrected chi connectivity index (χ0v) is 16.7. The number of rotatable bonds is 6. The van der Waals surface area contributed by atoms with Crippen LogP contribution in [0.25, 0.3) is 11.0 Å². The molecule has 2 amide bonds. The van der Waals surface area contributed by atoms with Crippen molar-refractivity contribution >= 4 is 22.8 Å². The molecule has 29 heavy (non-hydrogen) atoms. The topological polar surface area (TPSA) is 76.0 Å². The molecule has 2 N–H and O–H groups in total. The number of benzene rings is 2. The van der Waals surface area contributed by atoms with E-state index >= 15 is 0 Å². The molecule has 1 heterocycles. The lowest BCUT2D eigenvalue weighted by atomic mass is 10.1. The Morgan fingerprint density at radius 3 is 2.76 bits per heavy atom. The molecular weight excluding hydrogens is 364 g/mol. The van der Waals surface area contributed by atoms with E-state index in [0.29, 0.717) is 5.56 Å². The maximum Gasteiger partial charge on any atom is 0.269 e. The van der Waals surface area contributed by atoms with E-state index in [1.807, 2.05) is 47.0 Å². The molecule has 3 aromatic rings. The maximum absolute atomic E-state index is 12.5. The highest BCUT2D eigenvalue weighted by Gasteiger charge is 2.16. The fraction of sp³-hybridized carbons (Fsp3) is 0.348. The first-order valence-electron chi connectivity index (χ1n) is 10.3. The highest BCUT2D eigenvalue weighted by atomic mass is 16.2. The van der Waals surface area contributed by atoms with Crippen LogP contribution in [0.2, 0.25) is 0 Å². The minimum absolute atomic E-state index is 0.115. The zero-order chi connectivity index (χ0) is 20.2. The normalized spacial score (nSPS) is 12.7. The zero-order valence-electron chi connectivity index (χ0n) is 16.7. The van der Waals surface area contributed by atoms with Crippen molar-refractivity contribution in [3.05, 3.63) is 65.0 Å². The first-order chi connectivity index (χ1) is 14.2. The molecule has 0 bridgehead atoms. The van der Waals surface area contributed by atoms with Gasteiger partial charge >= 0.3 is 0 Å². The Hall–Kier alpha value is -3.15. The molecule has 2 aromatic carbocycles. The third-order valence-corrected chi connectivity index (χ3v) is 5.47. The molecular formula is C23H26N4O2. The molecule has 6 heteroatoms. The fourth-order valence-corrected chi connectivity index (χ4v) is 3.92. The number of imidazole rings is 1. The SMILES string of the molecule is CCCCc1nc2ccccc2n1CC(=O)NNC(=O)c1ccc2c(c1)CCC2. The predicted octanol–water partition coefficient (Wildman–Crippen LogP) is 3.33. The third kappa shape index (κ3) is 4.16. The Labute approximate surface area is 170 Å². The number of nitrogens with one attached hydrogen (secondary N) is 2. The average Bonchev–Trinajstić information content (AvgIpc) is 3.34. The van der Waals surface area contributed by atoms with Crippen molar-refractivity contribution in [3.8, 4) is 0 Å². The van der Waals surface area contributed by atoms with Crippen LogP contribution in [-0.2, 0) is 30.6 Å². The van der Waals surface area contributed by atoms with Gasteiger partial charge in [-0.1, -0.05) is 31.5 Å². The van der Waals surface area contributed by atoms with Gasteiger partial charge < -0.3 is 4.57 Å². The molecule has 1 aliphatic rings. The summed E-state index contributed by atoms with van der Waals surface area (Å²) in [5.41, 5.74) is 10.0. The first-order valence-corrected chi connectivity index (χ1v) is 10.3. The van der Waals surface area contributed by atoms with E-state index in [1.54, 1.807) is 0 Å². The van der Waals surface area contributed by atoms with Gasteiger partial charge in [0.05, 0.1) is 11.0 Å². The number of aryl methyl sites for hydroxylation is 3. The minimum Gasteiger partial charge on any atom is -0.318 e. The lowest BCUT2D eigenvalue weighted by Crippen LogP contribution is -2.43. The Morgan fingerprint density at radius 2 is 1.90 bits per heavy atom. The van der Waals surface area contributed by atoms with E-state index in [0.717, 1.165) is 55.4 Å². The number of unbranched alkanes of at least 4 members (excludes halogenated alkanes) is 1. The Balaban J connectivity index is 1.42. The number of hydrazine groups is 1. The van der Waals surface area contributed by atoms with Crippen molar-refractivity contribution in [2.24, 2.45) is 0 Å². The average molecular weight is 390 g/mol. The highest BCUT2D eigenvalue weighted by molar-refractivity contribution is 5.95. The van der Waals surface area contributed by atoms with E-state index < -0.39 is 0 Å². The summed E-state index contributed by atoms with van der Waals surface area (Å²) in [6.07, 6.45) is 6.12. The number of fused-ring (bicyclic) bond motifs is 2. The molecule has 4 rings (SSSR count). The summed E-state index contributed by atoms with van der Waals surface area (Å²) < 4.78 is 1.93. The minimum atomic E-state index is -0.297. The largest absolute Gasteiger partial charge is 0.318 e. The van der Waals surface area contributed by atoms with Gasteiger partial charge in [0.15, 0.2) is 0 Å². The summed E-state index contributed by atoms with van der Waals surface area (Å²) in [5, 5.41) is 0.